The molecule has 0 bridgehead atoms. The van der Waals surface area contributed by atoms with Gasteiger partial charge in [-0.3, -0.25) is 9.55 Å². The van der Waals surface area contributed by atoms with E-state index in [2.05, 4.69) is 167 Å². The molecule has 0 saturated carbocycles. The van der Waals surface area contributed by atoms with E-state index in [9.17, 15) is 5.11 Å². The molecule has 5 heteroatoms. The van der Waals surface area contributed by atoms with Crippen LogP contribution in [-0.2, 0) is 37.3 Å². The maximum Gasteiger partial charge on any atom is 0.148 e. The third-order valence-corrected chi connectivity index (χ3v) is 12.5. The van der Waals surface area contributed by atoms with E-state index in [0.717, 1.165) is 55.7 Å². The van der Waals surface area contributed by atoms with Crippen molar-refractivity contribution in [1.82, 2.24) is 14.5 Å². The smallest absolute Gasteiger partial charge is 0.148 e. The fourth-order valence-corrected chi connectivity index (χ4v) is 8.42. The van der Waals surface area contributed by atoms with E-state index in [0.29, 0.717) is 33.7 Å². The molecule has 8 aromatic rings. The number of imidazole rings is 1. The first-order valence-electron chi connectivity index (χ1n) is 26.3. The number of phenols is 1. The molecule has 0 unspecified atom stereocenters. The first-order valence-corrected chi connectivity index (χ1v) is 22.8. The van der Waals surface area contributed by atoms with E-state index in [-0.39, 0.29) is 60.5 Å². The van der Waals surface area contributed by atoms with Gasteiger partial charge in [0, 0.05) is 42.6 Å². The third kappa shape index (κ3) is 9.63. The standard InChI is InChI=1S/C61H66N3O.Pt/c1-37(2)43-33-51(38(3)4)57(65)52(34-43)58-63-56-50(44-30-45(32-48(31-44)61(12,13)14)53-35-42(28-29-62-53)40-20-18-39(5)19-21-40)16-15-17-54(56)64(58)55-36-47(60(9,10)11)26-27-49(55)41-22-24-46(25-23-41)59(6,7)8;/h15-29,31-38,65H,1-14H3;/q-1;/i5D3,18D,19D,20D,21D;. The summed E-state index contributed by atoms with van der Waals surface area (Å²) in [4.78, 5) is 10.4. The van der Waals surface area contributed by atoms with Crippen molar-refractivity contribution in [2.75, 3.05) is 0 Å². The van der Waals surface area contributed by atoms with Crippen molar-refractivity contribution in [1.29, 1.82) is 0 Å². The zero-order valence-corrected chi connectivity index (χ0v) is 42.8. The Morgan fingerprint density at radius 1 is 0.621 bits per heavy atom. The van der Waals surface area contributed by atoms with Gasteiger partial charge in [0.15, 0.2) is 0 Å². The quantitative estimate of drug-likeness (QED) is 0.154. The van der Waals surface area contributed by atoms with Crippen LogP contribution in [0.3, 0.4) is 0 Å². The molecule has 0 saturated heterocycles. The van der Waals surface area contributed by atoms with Crippen LogP contribution in [0.1, 0.15) is 145 Å². The largest absolute Gasteiger partial charge is 0.507 e. The molecule has 6 aromatic carbocycles. The second-order valence-electron chi connectivity index (χ2n) is 21.2. The van der Waals surface area contributed by atoms with Crippen molar-refractivity contribution in [2.24, 2.45) is 0 Å². The molecule has 2 heterocycles. The van der Waals surface area contributed by atoms with Crippen LogP contribution in [0.4, 0.5) is 0 Å². The zero-order valence-electron chi connectivity index (χ0n) is 47.6. The molecule has 0 aliphatic rings. The van der Waals surface area contributed by atoms with Crippen LogP contribution in [-0.4, -0.2) is 19.6 Å². The summed E-state index contributed by atoms with van der Waals surface area (Å²) in [7, 11) is 0. The van der Waals surface area contributed by atoms with Crippen LogP contribution in [0.15, 0.2) is 127 Å². The Morgan fingerprint density at radius 2 is 1.27 bits per heavy atom. The number of hydrogen-bond donors (Lipinski definition) is 1. The number of hydrogen-bond acceptors (Lipinski definition) is 3. The molecule has 0 spiro atoms. The molecule has 8 rings (SSSR count). The minimum atomic E-state index is -2.83. The van der Waals surface area contributed by atoms with Crippen LogP contribution in [0, 0.1) is 12.9 Å². The van der Waals surface area contributed by atoms with Crippen molar-refractivity contribution in [3.63, 3.8) is 0 Å². The maximum absolute atomic E-state index is 12.4. The summed E-state index contributed by atoms with van der Waals surface area (Å²) in [6, 6.07) is 35.0. The topological polar surface area (TPSA) is 50.9 Å². The number of fused-ring (bicyclic) bond motifs is 1. The van der Waals surface area contributed by atoms with Gasteiger partial charge in [-0.2, -0.15) is 0 Å². The van der Waals surface area contributed by atoms with Crippen molar-refractivity contribution >= 4 is 11.0 Å². The first kappa shape index (κ1) is 39.6. The second-order valence-corrected chi connectivity index (χ2v) is 21.2. The Balaban J connectivity index is 0.00000780. The predicted molar refractivity (Wildman–Crippen MR) is 276 cm³/mol. The van der Waals surface area contributed by atoms with Crippen LogP contribution in [0.2, 0.25) is 0 Å². The molecular weight excluding hydrogens is 986 g/mol. The number of para-hydroxylation sites is 1. The monoisotopic (exact) mass is 1060 g/mol. The van der Waals surface area contributed by atoms with Gasteiger partial charge in [0.25, 0.3) is 0 Å². The van der Waals surface area contributed by atoms with Gasteiger partial charge in [0.05, 0.1) is 27.8 Å². The van der Waals surface area contributed by atoms with E-state index >= 15 is 0 Å². The molecule has 2 aromatic heterocycles. The summed E-state index contributed by atoms with van der Waals surface area (Å²) >= 11 is 0. The summed E-state index contributed by atoms with van der Waals surface area (Å²) < 4.78 is 61.0. The van der Waals surface area contributed by atoms with Gasteiger partial charge < -0.3 is 5.11 Å². The maximum atomic E-state index is 12.4. The van der Waals surface area contributed by atoms with Gasteiger partial charge in [0.2, 0.25) is 0 Å². The Kier molecular flexibility index (Phi) is 10.9. The molecular formula is C61H66N3OPt-. The molecule has 0 fully saturated rings. The average Bonchev–Trinajstić information content (AvgIpc) is 3.69. The molecule has 0 aliphatic carbocycles. The zero-order chi connectivity index (χ0) is 52.7. The summed E-state index contributed by atoms with van der Waals surface area (Å²) in [5, 5.41) is 12.4. The van der Waals surface area contributed by atoms with Gasteiger partial charge in [-0.25, -0.2) is 4.98 Å². The van der Waals surface area contributed by atoms with E-state index in [4.69, 9.17) is 19.6 Å². The normalized spacial score (nSPS) is 14.0. The van der Waals surface area contributed by atoms with Crippen LogP contribution >= 0.6 is 0 Å². The van der Waals surface area contributed by atoms with E-state index in [1.54, 1.807) is 18.3 Å². The molecule has 66 heavy (non-hydrogen) atoms. The molecule has 4 nitrogen and oxygen atoms in total. The number of rotatable bonds is 8. The SMILES string of the molecule is [2H]c1c([2H])c(C([2H])([2H])[2H])c([2H])c([2H])c1-c1ccnc(-c2[c-]c(-c3cccc4c3nc(-c3cc(C(C)C)cc(C(C)C)c3O)n4-c3cc(C(C)(C)C)ccc3-c3ccc(C(C)(C)C)cc3)cc(C(C)(C)C)c2)c1.[Pt]. The minimum Gasteiger partial charge on any atom is -0.507 e. The van der Waals surface area contributed by atoms with E-state index in [1.807, 2.05) is 18.2 Å². The van der Waals surface area contributed by atoms with Crippen LogP contribution < -0.4 is 0 Å². The fraction of sp³-hybridized carbons (Fsp3) is 0.311. The van der Waals surface area contributed by atoms with Crippen LogP contribution in [0.5, 0.6) is 5.75 Å². The van der Waals surface area contributed by atoms with Crippen molar-refractivity contribution in [3.05, 3.63) is 167 Å². The molecule has 0 atom stereocenters. The molecule has 1 N–H and O–H groups in total. The van der Waals surface area contributed by atoms with Gasteiger partial charge in [0.1, 0.15) is 11.6 Å². The van der Waals surface area contributed by atoms with E-state index < -0.39 is 36.6 Å². The molecule has 0 aliphatic heterocycles. The summed E-state index contributed by atoms with van der Waals surface area (Å²) in [5.74, 6) is 1.01. The summed E-state index contributed by atoms with van der Waals surface area (Å²) in [5.41, 5.74) is 12.3. The van der Waals surface area contributed by atoms with Gasteiger partial charge >= 0.3 is 0 Å². The second kappa shape index (κ2) is 18.3. The Hall–Kier alpha value is -5.57. The number of phenolic OH excluding ortho intramolecular Hbond substituents is 1. The molecule has 342 valence electrons. The Bertz CT molecular complexity index is 3380. The van der Waals surface area contributed by atoms with Crippen molar-refractivity contribution in [2.45, 2.75) is 125 Å². The Labute approximate surface area is 418 Å². The number of benzene rings is 6. The third-order valence-electron chi connectivity index (χ3n) is 12.5. The van der Waals surface area contributed by atoms with Gasteiger partial charge in [-0.15, -0.1) is 29.3 Å². The predicted octanol–water partition coefficient (Wildman–Crippen LogP) is 16.7. The summed E-state index contributed by atoms with van der Waals surface area (Å²) in [6.07, 6.45) is 1.56. The van der Waals surface area contributed by atoms with Crippen molar-refractivity contribution < 1.29 is 35.8 Å². The first-order chi connectivity index (χ1) is 33.5. The molecule has 0 radical (unpaired) electrons. The number of aromatic nitrogens is 3. The fourth-order valence-electron chi connectivity index (χ4n) is 8.42. The minimum absolute atomic E-state index is 0. The Morgan fingerprint density at radius 3 is 1.89 bits per heavy atom. The number of pyridine rings is 1. The van der Waals surface area contributed by atoms with E-state index in [1.165, 1.54) is 5.56 Å². The van der Waals surface area contributed by atoms with Gasteiger partial charge in [-0.05, 0) is 98.1 Å². The number of nitrogens with zero attached hydrogens (tertiary/aromatic N) is 3. The van der Waals surface area contributed by atoms with Gasteiger partial charge in [-0.1, -0.05) is 192 Å². The molecule has 0 amide bonds. The van der Waals surface area contributed by atoms with Crippen LogP contribution in [0.25, 0.3) is 72.7 Å². The van der Waals surface area contributed by atoms with Crippen molar-refractivity contribution in [3.8, 4) is 67.5 Å². The number of aromatic hydroxyl groups is 1. The average molecular weight is 1060 g/mol. The summed E-state index contributed by atoms with van der Waals surface area (Å²) in [6.45, 7) is 25.4.